The molecule has 0 fully saturated rings. The van der Waals surface area contributed by atoms with Crippen LogP contribution in [-0.2, 0) is 9.59 Å². The van der Waals surface area contributed by atoms with Crippen molar-refractivity contribution >= 4 is 64.4 Å². The average Bonchev–Trinajstić information content (AvgIpc) is 3.09. The van der Waals surface area contributed by atoms with E-state index >= 15 is 0 Å². The molecule has 5 N–H and O–H groups in total. The van der Waals surface area contributed by atoms with E-state index in [1.807, 2.05) is 36.4 Å². The third kappa shape index (κ3) is 9.20. The van der Waals surface area contributed by atoms with Crippen LogP contribution in [0.15, 0.2) is 144 Å². The number of nitrogens with two attached hydrogens (primary N) is 1. The second-order valence-electron chi connectivity index (χ2n) is 10.3. The summed E-state index contributed by atoms with van der Waals surface area (Å²) >= 11 is 7.34. The highest BCUT2D eigenvalue weighted by atomic mass is 35.5. The van der Waals surface area contributed by atoms with E-state index in [4.69, 9.17) is 17.3 Å². The van der Waals surface area contributed by atoms with E-state index in [1.54, 1.807) is 103 Å². The van der Waals surface area contributed by atoms with Gasteiger partial charge in [-0.3, -0.25) is 19.2 Å². The summed E-state index contributed by atoms with van der Waals surface area (Å²) in [6.45, 7) is 0. The van der Waals surface area contributed by atoms with Crippen LogP contribution in [-0.4, -0.2) is 23.6 Å². The van der Waals surface area contributed by atoms with Crippen molar-refractivity contribution in [3.8, 4) is 0 Å². The summed E-state index contributed by atoms with van der Waals surface area (Å²) in [5, 5.41) is 8.39. The molecule has 0 heterocycles. The highest BCUT2D eigenvalue weighted by molar-refractivity contribution is 8.00. The number of carbonyl (C=O) groups excluding carboxylic acids is 4. The lowest BCUT2D eigenvalue weighted by atomic mass is 10.1. The normalized spacial score (nSPS) is 11.6. The quantitative estimate of drug-likeness (QED) is 0.0871. The lowest BCUT2D eigenvalue weighted by Crippen LogP contribution is -2.30. The summed E-state index contributed by atoms with van der Waals surface area (Å²) in [6, 6.07) is 38.2. The Kier molecular flexibility index (Phi) is 10.9. The van der Waals surface area contributed by atoms with E-state index in [0.29, 0.717) is 38.0 Å². The molecule has 4 amide bonds. The fourth-order valence-electron chi connectivity index (χ4n) is 4.48. The standard InChI is InChI=1S/C37H29ClN4O4S/c38-28-18-14-24(15-19-28)22-32(42-35(44)27-10-5-2-6-11-27)36(45)41-30-12-7-13-31(23-30)47-33(25-8-3-1-4-9-25)37(46)40-29-20-16-26(17-21-29)34(39)43/h1-23,33H,(H2,39,43)(H,40,46)(H,41,45)(H,42,44)/b32-22-. The van der Waals surface area contributed by atoms with Crippen LogP contribution in [0.3, 0.4) is 0 Å². The van der Waals surface area contributed by atoms with Gasteiger partial charge in [0.25, 0.3) is 11.8 Å². The predicted molar refractivity (Wildman–Crippen MR) is 187 cm³/mol. The zero-order valence-corrected chi connectivity index (χ0v) is 26.4. The largest absolute Gasteiger partial charge is 0.366 e. The molecular weight excluding hydrogens is 632 g/mol. The maximum atomic E-state index is 13.6. The number of rotatable bonds is 11. The highest BCUT2D eigenvalue weighted by Crippen LogP contribution is 2.37. The first-order chi connectivity index (χ1) is 22.7. The molecule has 0 aliphatic carbocycles. The SMILES string of the molecule is NC(=O)c1ccc(NC(=O)C(Sc2cccc(NC(=O)/C(=C/c3ccc(Cl)cc3)NC(=O)c3ccccc3)c2)c2ccccc2)cc1. The Labute approximate surface area is 281 Å². The lowest BCUT2D eigenvalue weighted by molar-refractivity contribution is -0.116. The van der Waals surface area contributed by atoms with E-state index in [-0.39, 0.29) is 11.6 Å². The molecule has 5 aromatic carbocycles. The Bertz CT molecular complexity index is 1920. The van der Waals surface area contributed by atoms with Crippen LogP contribution in [0.4, 0.5) is 11.4 Å². The van der Waals surface area contributed by atoms with Crippen LogP contribution in [0.5, 0.6) is 0 Å². The number of benzene rings is 5. The Hall–Kier alpha value is -5.64. The van der Waals surface area contributed by atoms with Crippen LogP contribution < -0.4 is 21.7 Å². The van der Waals surface area contributed by atoms with Crippen molar-refractivity contribution in [2.24, 2.45) is 5.73 Å². The van der Waals surface area contributed by atoms with Gasteiger partial charge in [0.2, 0.25) is 11.8 Å². The molecule has 1 atom stereocenters. The molecule has 0 aliphatic rings. The number of thioether (sulfide) groups is 1. The number of carbonyl (C=O) groups is 4. The van der Waals surface area contributed by atoms with E-state index < -0.39 is 23.0 Å². The van der Waals surface area contributed by atoms with Gasteiger partial charge in [-0.2, -0.15) is 0 Å². The maximum absolute atomic E-state index is 13.6. The summed E-state index contributed by atoms with van der Waals surface area (Å²) in [5.74, 6) is -1.81. The minimum Gasteiger partial charge on any atom is -0.366 e. The van der Waals surface area contributed by atoms with Gasteiger partial charge in [-0.1, -0.05) is 78.3 Å². The Morgan fingerprint density at radius 1 is 0.681 bits per heavy atom. The lowest BCUT2D eigenvalue weighted by Gasteiger charge is -2.18. The van der Waals surface area contributed by atoms with Crippen molar-refractivity contribution in [1.29, 1.82) is 0 Å². The topological polar surface area (TPSA) is 130 Å². The van der Waals surface area contributed by atoms with Gasteiger partial charge in [0.15, 0.2) is 0 Å². The van der Waals surface area contributed by atoms with Crippen molar-refractivity contribution in [2.75, 3.05) is 10.6 Å². The first kappa shape index (κ1) is 32.7. The Morgan fingerprint density at radius 2 is 1.34 bits per heavy atom. The molecule has 0 bridgehead atoms. The number of nitrogens with one attached hydrogen (secondary N) is 3. The number of primary amides is 1. The van der Waals surface area contributed by atoms with Gasteiger partial charge in [-0.05, 0) is 83.9 Å². The summed E-state index contributed by atoms with van der Waals surface area (Å²) in [6.07, 6.45) is 1.57. The minimum atomic E-state index is -0.650. The Morgan fingerprint density at radius 3 is 2.00 bits per heavy atom. The number of amides is 4. The van der Waals surface area contributed by atoms with Crippen LogP contribution in [0.2, 0.25) is 5.02 Å². The summed E-state index contributed by atoms with van der Waals surface area (Å²) < 4.78 is 0. The van der Waals surface area contributed by atoms with Crippen molar-refractivity contribution in [2.45, 2.75) is 10.1 Å². The number of halogens is 1. The third-order valence-electron chi connectivity index (χ3n) is 6.83. The molecule has 0 saturated heterocycles. The first-order valence-electron chi connectivity index (χ1n) is 14.4. The van der Waals surface area contributed by atoms with Gasteiger partial charge in [0, 0.05) is 32.4 Å². The molecular formula is C37H29ClN4O4S. The van der Waals surface area contributed by atoms with E-state index in [9.17, 15) is 19.2 Å². The van der Waals surface area contributed by atoms with Crippen molar-refractivity contribution in [1.82, 2.24) is 5.32 Å². The summed E-state index contributed by atoms with van der Waals surface area (Å²) in [5.41, 5.74) is 8.52. The summed E-state index contributed by atoms with van der Waals surface area (Å²) in [7, 11) is 0. The van der Waals surface area contributed by atoms with Gasteiger partial charge in [-0.25, -0.2) is 0 Å². The molecule has 5 aromatic rings. The molecule has 0 aliphatic heterocycles. The molecule has 0 saturated carbocycles. The molecule has 5 rings (SSSR count). The van der Waals surface area contributed by atoms with Crippen LogP contribution >= 0.6 is 23.4 Å². The van der Waals surface area contributed by atoms with Crippen LogP contribution in [0.1, 0.15) is 37.1 Å². The van der Waals surface area contributed by atoms with Crippen molar-refractivity contribution in [3.05, 3.63) is 166 Å². The zero-order chi connectivity index (χ0) is 33.2. The van der Waals surface area contributed by atoms with Gasteiger partial charge >= 0.3 is 0 Å². The molecule has 0 radical (unpaired) electrons. The van der Waals surface area contributed by atoms with E-state index in [0.717, 1.165) is 5.56 Å². The number of hydrogen-bond acceptors (Lipinski definition) is 5. The van der Waals surface area contributed by atoms with Gasteiger partial charge in [0.05, 0.1) is 0 Å². The molecule has 0 spiro atoms. The number of hydrogen-bond donors (Lipinski definition) is 4. The van der Waals surface area contributed by atoms with Gasteiger partial charge < -0.3 is 21.7 Å². The third-order valence-corrected chi connectivity index (χ3v) is 8.33. The van der Waals surface area contributed by atoms with Gasteiger partial charge in [0.1, 0.15) is 10.9 Å². The Balaban J connectivity index is 1.36. The molecule has 234 valence electrons. The molecule has 1 unspecified atom stereocenters. The monoisotopic (exact) mass is 660 g/mol. The fraction of sp³-hybridized carbons (Fsp3) is 0.0270. The second kappa shape index (κ2) is 15.6. The molecule has 10 heteroatoms. The second-order valence-corrected chi connectivity index (χ2v) is 11.9. The van der Waals surface area contributed by atoms with Gasteiger partial charge in [-0.15, -0.1) is 11.8 Å². The maximum Gasteiger partial charge on any atom is 0.272 e. The highest BCUT2D eigenvalue weighted by Gasteiger charge is 2.23. The molecule has 0 aromatic heterocycles. The molecule has 8 nitrogen and oxygen atoms in total. The zero-order valence-electron chi connectivity index (χ0n) is 24.9. The van der Waals surface area contributed by atoms with Crippen LogP contribution in [0.25, 0.3) is 6.08 Å². The summed E-state index contributed by atoms with van der Waals surface area (Å²) in [4.78, 5) is 52.3. The van der Waals surface area contributed by atoms with Crippen LogP contribution in [0, 0.1) is 0 Å². The van der Waals surface area contributed by atoms with Crippen molar-refractivity contribution < 1.29 is 19.2 Å². The van der Waals surface area contributed by atoms with E-state index in [2.05, 4.69) is 16.0 Å². The fourth-order valence-corrected chi connectivity index (χ4v) is 5.69. The van der Waals surface area contributed by atoms with Crippen molar-refractivity contribution in [3.63, 3.8) is 0 Å². The van der Waals surface area contributed by atoms with E-state index in [1.165, 1.54) is 11.8 Å². The smallest absolute Gasteiger partial charge is 0.272 e. The predicted octanol–water partition coefficient (Wildman–Crippen LogP) is 7.32. The number of anilines is 2. The molecule has 47 heavy (non-hydrogen) atoms. The minimum absolute atomic E-state index is 0.0307. The average molecular weight is 661 g/mol. The first-order valence-corrected chi connectivity index (χ1v) is 15.7.